The van der Waals surface area contributed by atoms with Gasteiger partial charge in [-0.05, 0) is 35.5 Å². The van der Waals surface area contributed by atoms with Crippen LogP contribution in [0.2, 0.25) is 0 Å². The molecule has 0 unspecified atom stereocenters. The van der Waals surface area contributed by atoms with Gasteiger partial charge in [0.25, 0.3) is 5.24 Å². The number of benzene rings is 1. The Balaban J connectivity index is 2.22. The van der Waals surface area contributed by atoms with Gasteiger partial charge in [-0.1, -0.05) is 6.07 Å². The molecule has 0 radical (unpaired) electrons. The second-order valence-corrected chi connectivity index (χ2v) is 4.72. The van der Waals surface area contributed by atoms with Crippen LogP contribution in [0, 0.1) is 0 Å². The highest BCUT2D eigenvalue weighted by molar-refractivity contribution is 8.17. The number of amides is 1. The van der Waals surface area contributed by atoms with Crippen LogP contribution < -0.4 is 14.8 Å². The zero-order valence-electron chi connectivity index (χ0n) is 10.2. The normalized spacial score (nSPS) is 15.8. The number of halogens is 2. The number of thioether (sulfide) groups is 1. The molecule has 0 atom stereocenters. The summed E-state index contributed by atoms with van der Waals surface area (Å²) < 4.78 is 34.2. The molecule has 0 saturated carbocycles. The van der Waals surface area contributed by atoms with Gasteiger partial charge in [0.2, 0.25) is 0 Å². The van der Waals surface area contributed by atoms with Crippen molar-refractivity contribution in [3.63, 3.8) is 0 Å². The number of carbonyl (C=O) groups is 2. The average Bonchev–Trinajstić information content (AvgIpc) is 2.70. The van der Waals surface area contributed by atoms with Crippen LogP contribution in [0.5, 0.6) is 11.5 Å². The number of hydrogen-bond acceptors (Lipinski definition) is 5. The van der Waals surface area contributed by atoms with E-state index in [0.29, 0.717) is 23.6 Å². The molecule has 1 aromatic rings. The molecule has 0 aromatic heterocycles. The third kappa shape index (κ3) is 3.27. The summed E-state index contributed by atoms with van der Waals surface area (Å²) in [5.74, 6) is -0.210. The van der Waals surface area contributed by atoms with Gasteiger partial charge in [-0.2, -0.15) is 0 Å². The molecule has 0 spiro atoms. The van der Waals surface area contributed by atoms with Crippen molar-refractivity contribution in [2.75, 3.05) is 7.05 Å². The molecule has 0 bridgehead atoms. The lowest BCUT2D eigenvalue weighted by atomic mass is 10.2. The largest absolute Gasteiger partial charge is 0.586 e. The van der Waals surface area contributed by atoms with Crippen LogP contribution in [0.1, 0.15) is 5.56 Å². The summed E-state index contributed by atoms with van der Waals surface area (Å²) in [7, 11) is 1.43. The highest BCUT2D eigenvalue weighted by atomic mass is 32.2. The molecule has 1 aliphatic heterocycles. The molecule has 1 N–H and O–H groups in total. The van der Waals surface area contributed by atoms with Crippen molar-refractivity contribution >= 4 is 29.4 Å². The Morgan fingerprint density at radius 1 is 1.35 bits per heavy atom. The van der Waals surface area contributed by atoms with E-state index in [4.69, 9.17) is 0 Å². The number of alkyl halides is 2. The van der Waals surface area contributed by atoms with E-state index in [1.165, 1.54) is 31.3 Å². The van der Waals surface area contributed by atoms with Crippen molar-refractivity contribution in [3.8, 4) is 11.5 Å². The highest BCUT2D eigenvalue weighted by Gasteiger charge is 2.43. The maximum absolute atomic E-state index is 12.8. The van der Waals surface area contributed by atoms with E-state index in [2.05, 4.69) is 14.8 Å². The zero-order valence-corrected chi connectivity index (χ0v) is 11.0. The Bertz CT molecular complexity index is 589. The van der Waals surface area contributed by atoms with E-state index in [1.807, 2.05) is 0 Å². The van der Waals surface area contributed by atoms with Crippen molar-refractivity contribution < 1.29 is 27.8 Å². The standard InChI is InChI=1S/C12H9F2NO4S/c1-15-11(17)20-8(6-16)4-7-2-3-9-10(5-7)19-12(13,14)18-9/h2-6H,1H3,(H,15,17)/b8-4-. The number of rotatable bonds is 3. The molecule has 8 heteroatoms. The second-order valence-electron chi connectivity index (χ2n) is 3.68. The van der Waals surface area contributed by atoms with E-state index in [1.54, 1.807) is 0 Å². The van der Waals surface area contributed by atoms with Crippen LogP contribution in [-0.2, 0) is 4.79 Å². The Hall–Kier alpha value is -2.09. The zero-order chi connectivity index (χ0) is 14.8. The van der Waals surface area contributed by atoms with Crippen molar-refractivity contribution in [1.29, 1.82) is 0 Å². The predicted molar refractivity (Wildman–Crippen MR) is 68.7 cm³/mol. The first-order chi connectivity index (χ1) is 9.43. The Kier molecular flexibility index (Phi) is 3.93. The molecule has 1 aliphatic rings. The lowest BCUT2D eigenvalue weighted by Gasteiger charge is -2.04. The topological polar surface area (TPSA) is 64.6 Å². The molecule has 20 heavy (non-hydrogen) atoms. The van der Waals surface area contributed by atoms with Crippen molar-refractivity contribution in [2.24, 2.45) is 0 Å². The van der Waals surface area contributed by atoms with E-state index >= 15 is 0 Å². The fourth-order valence-corrected chi connectivity index (χ4v) is 2.02. The molecule has 2 rings (SSSR count). The van der Waals surface area contributed by atoms with Crippen LogP contribution in [0.25, 0.3) is 6.08 Å². The lowest BCUT2D eigenvalue weighted by Crippen LogP contribution is -2.25. The lowest BCUT2D eigenvalue weighted by molar-refractivity contribution is -0.286. The quantitative estimate of drug-likeness (QED) is 0.687. The van der Waals surface area contributed by atoms with Gasteiger partial charge in [-0.3, -0.25) is 9.59 Å². The molecule has 5 nitrogen and oxygen atoms in total. The molecule has 106 valence electrons. The van der Waals surface area contributed by atoms with Crippen molar-refractivity contribution in [1.82, 2.24) is 5.32 Å². The molecule has 0 aliphatic carbocycles. The average molecular weight is 301 g/mol. The van der Waals surface area contributed by atoms with Gasteiger partial charge in [0.15, 0.2) is 17.8 Å². The van der Waals surface area contributed by atoms with Gasteiger partial charge in [0.1, 0.15) is 0 Å². The number of aldehydes is 1. The maximum atomic E-state index is 12.8. The van der Waals surface area contributed by atoms with Gasteiger partial charge in [0.05, 0.1) is 4.91 Å². The van der Waals surface area contributed by atoms with E-state index in [9.17, 15) is 18.4 Å². The summed E-state index contributed by atoms with van der Waals surface area (Å²) in [5, 5.41) is 1.94. The number of fused-ring (bicyclic) bond motifs is 1. The Morgan fingerprint density at radius 3 is 2.70 bits per heavy atom. The predicted octanol–water partition coefficient (Wildman–Crippen LogP) is 2.62. The first-order valence-corrected chi connectivity index (χ1v) is 6.21. The molecule has 1 heterocycles. The molecule has 0 fully saturated rings. The number of nitrogens with one attached hydrogen (secondary N) is 1. The van der Waals surface area contributed by atoms with Gasteiger partial charge in [-0.25, -0.2) is 0 Å². The fourth-order valence-electron chi connectivity index (χ4n) is 1.47. The number of allylic oxidation sites excluding steroid dienone is 1. The van der Waals surface area contributed by atoms with E-state index < -0.39 is 11.5 Å². The Morgan fingerprint density at radius 2 is 2.05 bits per heavy atom. The Labute approximate surface area is 116 Å². The summed E-state index contributed by atoms with van der Waals surface area (Å²) >= 11 is 0.695. The van der Waals surface area contributed by atoms with Crippen LogP contribution in [0.3, 0.4) is 0 Å². The first kappa shape index (κ1) is 14.3. The van der Waals surface area contributed by atoms with Crippen molar-refractivity contribution in [3.05, 3.63) is 28.7 Å². The highest BCUT2D eigenvalue weighted by Crippen LogP contribution is 2.41. The first-order valence-electron chi connectivity index (χ1n) is 5.40. The smallest absolute Gasteiger partial charge is 0.395 e. The fraction of sp³-hybridized carbons (Fsp3) is 0.167. The van der Waals surface area contributed by atoms with Gasteiger partial charge < -0.3 is 14.8 Å². The molecule has 1 aromatic carbocycles. The van der Waals surface area contributed by atoms with Crippen molar-refractivity contribution in [2.45, 2.75) is 6.29 Å². The summed E-state index contributed by atoms with van der Waals surface area (Å²) in [6, 6.07) is 4.07. The number of hydrogen-bond donors (Lipinski definition) is 1. The van der Waals surface area contributed by atoms with Crippen LogP contribution in [0.4, 0.5) is 13.6 Å². The summed E-state index contributed by atoms with van der Waals surface area (Å²) in [5.41, 5.74) is 0.434. The molecular formula is C12H9F2NO4S. The molecule has 0 saturated heterocycles. The van der Waals surface area contributed by atoms with Gasteiger partial charge in [0, 0.05) is 7.05 Å². The number of ether oxygens (including phenoxy) is 2. The third-order valence-corrected chi connectivity index (χ3v) is 3.10. The summed E-state index contributed by atoms with van der Waals surface area (Å²) in [4.78, 5) is 22.1. The van der Waals surface area contributed by atoms with Crippen LogP contribution in [0.15, 0.2) is 23.1 Å². The van der Waals surface area contributed by atoms with E-state index in [-0.39, 0.29) is 16.4 Å². The van der Waals surface area contributed by atoms with Gasteiger partial charge >= 0.3 is 6.29 Å². The molecule has 1 amide bonds. The summed E-state index contributed by atoms with van der Waals surface area (Å²) in [6.45, 7) is 0. The minimum absolute atomic E-state index is 0.0845. The molecular weight excluding hydrogens is 292 g/mol. The second kappa shape index (κ2) is 5.49. The van der Waals surface area contributed by atoms with Crippen LogP contribution >= 0.6 is 11.8 Å². The van der Waals surface area contributed by atoms with Crippen LogP contribution in [-0.4, -0.2) is 24.9 Å². The maximum Gasteiger partial charge on any atom is 0.586 e. The van der Waals surface area contributed by atoms with E-state index in [0.717, 1.165) is 0 Å². The SMILES string of the molecule is CNC(=O)S/C(C=O)=C\c1ccc2c(c1)OC(F)(F)O2. The summed E-state index contributed by atoms with van der Waals surface area (Å²) in [6.07, 6.45) is -1.80. The monoisotopic (exact) mass is 301 g/mol. The number of carbonyl (C=O) groups excluding carboxylic acids is 2. The minimum Gasteiger partial charge on any atom is -0.395 e. The minimum atomic E-state index is -3.69. The third-order valence-electron chi connectivity index (χ3n) is 2.27. The van der Waals surface area contributed by atoms with Gasteiger partial charge in [-0.15, -0.1) is 8.78 Å².